The van der Waals surface area contributed by atoms with Crippen molar-refractivity contribution in [2.75, 3.05) is 13.1 Å². The van der Waals surface area contributed by atoms with Gasteiger partial charge in [0.25, 0.3) is 17.2 Å². The number of pyridine rings is 1. The average molecular weight is 283 g/mol. The van der Waals surface area contributed by atoms with E-state index in [-0.39, 0.29) is 24.3 Å². The lowest BCUT2D eigenvalue weighted by Gasteiger charge is -2.27. The lowest BCUT2D eigenvalue weighted by Crippen LogP contribution is -2.43. The smallest absolute Gasteiger partial charge is 0.286 e. The Labute approximate surface area is 115 Å². The summed E-state index contributed by atoms with van der Waals surface area (Å²) in [6, 6.07) is 0.939. The van der Waals surface area contributed by atoms with Crippen LogP contribution in [0.1, 0.15) is 31.1 Å². The zero-order valence-corrected chi connectivity index (χ0v) is 11.5. The molecule has 0 atom stereocenters. The van der Waals surface area contributed by atoms with Gasteiger partial charge in [-0.2, -0.15) is 0 Å². The van der Waals surface area contributed by atoms with E-state index in [0.717, 1.165) is 12.3 Å². The highest BCUT2D eigenvalue weighted by Crippen LogP contribution is 2.12. The molecular weight excluding hydrogens is 266 g/mol. The molecule has 0 spiro atoms. The number of carbonyl (C=O) groups excluding carboxylic acids is 1. The number of aromatic nitrogens is 1. The first kappa shape index (κ1) is 15.8. The van der Waals surface area contributed by atoms with Gasteiger partial charge in [-0.05, 0) is 20.8 Å². The molecule has 0 bridgehead atoms. The molecule has 1 aromatic heterocycles. The summed E-state index contributed by atoms with van der Waals surface area (Å²) in [5.74, 6) is -0.653. The summed E-state index contributed by atoms with van der Waals surface area (Å²) in [6.45, 7) is 5.03. The van der Waals surface area contributed by atoms with E-state index in [0.29, 0.717) is 0 Å². The summed E-state index contributed by atoms with van der Waals surface area (Å²) >= 11 is 0. The zero-order valence-electron chi connectivity index (χ0n) is 11.5. The topological polar surface area (TPSA) is 117 Å². The van der Waals surface area contributed by atoms with Crippen LogP contribution in [0.5, 0.6) is 0 Å². The maximum atomic E-state index is 12.2. The summed E-state index contributed by atoms with van der Waals surface area (Å²) in [4.78, 5) is 37.3. The van der Waals surface area contributed by atoms with Crippen molar-refractivity contribution in [2.24, 2.45) is 0 Å². The number of nitrogens with one attached hydrogen (secondary N) is 1. The number of aromatic amines is 1. The molecule has 8 heteroatoms. The van der Waals surface area contributed by atoms with Gasteiger partial charge in [0, 0.05) is 19.2 Å². The van der Waals surface area contributed by atoms with Gasteiger partial charge in [-0.25, -0.2) is 0 Å². The molecule has 0 saturated carbocycles. The van der Waals surface area contributed by atoms with E-state index in [1.165, 1.54) is 18.7 Å². The van der Waals surface area contributed by atoms with Crippen LogP contribution in [-0.2, 0) is 0 Å². The summed E-state index contributed by atoms with van der Waals surface area (Å²) < 4.78 is 0. The van der Waals surface area contributed by atoms with Gasteiger partial charge in [0.2, 0.25) is 0 Å². The van der Waals surface area contributed by atoms with Crippen molar-refractivity contribution in [3.05, 3.63) is 38.3 Å². The van der Waals surface area contributed by atoms with E-state index in [9.17, 15) is 24.8 Å². The van der Waals surface area contributed by atoms with E-state index in [1.54, 1.807) is 6.92 Å². The van der Waals surface area contributed by atoms with Gasteiger partial charge < -0.3 is 15.0 Å². The molecule has 0 aliphatic rings. The number of amides is 1. The number of carbonyl (C=O) groups is 1. The molecule has 1 amide bonds. The fourth-order valence-electron chi connectivity index (χ4n) is 1.70. The number of rotatable bonds is 5. The van der Waals surface area contributed by atoms with Crippen LogP contribution in [-0.4, -0.2) is 44.5 Å². The number of hydrogen-bond donors (Lipinski definition) is 2. The van der Waals surface area contributed by atoms with Crippen molar-refractivity contribution in [3.63, 3.8) is 0 Å². The molecule has 1 heterocycles. The highest BCUT2D eigenvalue weighted by molar-refractivity contribution is 5.94. The van der Waals surface area contributed by atoms with E-state index in [1.807, 2.05) is 0 Å². The van der Waals surface area contributed by atoms with Gasteiger partial charge in [-0.1, -0.05) is 0 Å². The molecule has 1 aromatic rings. The normalized spacial score (nSPS) is 11.2. The molecule has 0 unspecified atom stereocenters. The number of nitrogens with zero attached hydrogens (tertiary/aromatic N) is 2. The summed E-state index contributed by atoms with van der Waals surface area (Å²) in [5, 5.41) is 20.4. The van der Waals surface area contributed by atoms with Crippen molar-refractivity contribution >= 4 is 11.6 Å². The minimum atomic E-state index is -1.13. The van der Waals surface area contributed by atoms with E-state index in [2.05, 4.69) is 4.98 Å². The number of H-pyrrole nitrogens is 1. The number of likely N-dealkylation sites (N-methyl/N-ethyl adjacent to an activating group) is 1. The second-order valence-electron chi connectivity index (χ2n) is 4.99. The van der Waals surface area contributed by atoms with Gasteiger partial charge in [-0.3, -0.25) is 19.7 Å². The van der Waals surface area contributed by atoms with Gasteiger partial charge in [-0.15, -0.1) is 0 Å². The molecule has 8 nitrogen and oxygen atoms in total. The van der Waals surface area contributed by atoms with Gasteiger partial charge in [0.05, 0.1) is 16.7 Å². The molecular formula is C12H17N3O5. The lowest BCUT2D eigenvalue weighted by atomic mass is 10.1. The fourth-order valence-corrected chi connectivity index (χ4v) is 1.70. The van der Waals surface area contributed by atoms with Crippen LogP contribution in [0.15, 0.2) is 17.1 Å². The molecule has 0 saturated heterocycles. The van der Waals surface area contributed by atoms with Gasteiger partial charge >= 0.3 is 0 Å². The number of nitro groups is 1. The van der Waals surface area contributed by atoms with Crippen molar-refractivity contribution in [3.8, 4) is 0 Å². The van der Waals surface area contributed by atoms with Crippen LogP contribution in [0.2, 0.25) is 0 Å². The predicted octanol–water partition coefficient (Wildman–Crippen LogP) is 0.516. The first-order chi connectivity index (χ1) is 9.15. The Bertz CT molecular complexity index is 573. The third-order valence-corrected chi connectivity index (χ3v) is 2.58. The van der Waals surface area contributed by atoms with Crippen molar-refractivity contribution in [1.29, 1.82) is 0 Å². The highest BCUT2D eigenvalue weighted by Gasteiger charge is 2.25. The zero-order chi connectivity index (χ0) is 15.5. The standard InChI is InChI=1S/C12H17N3O5/c1-4-14(7-12(2,3)18)11(17)9-5-8(15(19)20)6-13-10(9)16/h5-6,18H,4,7H2,1-3H3,(H,13,16). The van der Waals surface area contributed by atoms with E-state index < -0.39 is 22.0 Å². The Kier molecular flexibility index (Phi) is 4.61. The van der Waals surface area contributed by atoms with Gasteiger partial charge in [0.15, 0.2) is 0 Å². The number of aliphatic hydroxyl groups is 1. The van der Waals surface area contributed by atoms with Crippen LogP contribution in [0, 0.1) is 10.1 Å². The van der Waals surface area contributed by atoms with Crippen LogP contribution < -0.4 is 5.56 Å². The van der Waals surface area contributed by atoms with Crippen molar-refractivity contribution < 1.29 is 14.8 Å². The second-order valence-corrected chi connectivity index (χ2v) is 4.99. The Balaban J connectivity index is 3.15. The molecule has 0 aliphatic carbocycles. The minimum Gasteiger partial charge on any atom is -0.389 e. The molecule has 0 aliphatic heterocycles. The third kappa shape index (κ3) is 3.89. The van der Waals surface area contributed by atoms with Crippen LogP contribution in [0.25, 0.3) is 0 Å². The summed E-state index contributed by atoms with van der Waals surface area (Å²) in [7, 11) is 0. The Morgan fingerprint density at radius 1 is 1.55 bits per heavy atom. The monoisotopic (exact) mass is 283 g/mol. The largest absolute Gasteiger partial charge is 0.389 e. The van der Waals surface area contributed by atoms with E-state index >= 15 is 0 Å². The van der Waals surface area contributed by atoms with Crippen LogP contribution in [0.4, 0.5) is 5.69 Å². The predicted molar refractivity (Wildman–Crippen MR) is 71.6 cm³/mol. The maximum Gasteiger partial charge on any atom is 0.286 e. The lowest BCUT2D eigenvalue weighted by molar-refractivity contribution is -0.385. The molecule has 0 radical (unpaired) electrons. The Morgan fingerprint density at radius 3 is 2.60 bits per heavy atom. The summed E-state index contributed by atoms with van der Waals surface area (Å²) in [6.07, 6.45) is 0.936. The SMILES string of the molecule is CCN(CC(C)(C)O)C(=O)c1cc([N+](=O)[O-])c[nH]c1=O. The molecule has 0 aromatic carbocycles. The summed E-state index contributed by atoms with van der Waals surface area (Å²) in [5.41, 5.74) is -2.51. The van der Waals surface area contributed by atoms with Crippen molar-refractivity contribution in [1.82, 2.24) is 9.88 Å². The maximum absolute atomic E-state index is 12.2. The van der Waals surface area contributed by atoms with Crippen LogP contribution in [0.3, 0.4) is 0 Å². The Hall–Kier alpha value is -2.22. The van der Waals surface area contributed by atoms with Crippen LogP contribution >= 0.6 is 0 Å². The molecule has 0 fully saturated rings. The minimum absolute atomic E-state index is 0.0183. The molecule has 1 rings (SSSR count). The molecule has 110 valence electrons. The quantitative estimate of drug-likeness (QED) is 0.603. The third-order valence-electron chi connectivity index (χ3n) is 2.58. The van der Waals surface area contributed by atoms with Gasteiger partial charge in [0.1, 0.15) is 5.56 Å². The van der Waals surface area contributed by atoms with Crippen molar-refractivity contribution in [2.45, 2.75) is 26.4 Å². The van der Waals surface area contributed by atoms with E-state index in [4.69, 9.17) is 0 Å². The first-order valence-corrected chi connectivity index (χ1v) is 6.04. The average Bonchev–Trinajstić information content (AvgIpc) is 2.34. The highest BCUT2D eigenvalue weighted by atomic mass is 16.6. The molecule has 20 heavy (non-hydrogen) atoms. The Morgan fingerprint density at radius 2 is 2.15 bits per heavy atom. The first-order valence-electron chi connectivity index (χ1n) is 6.04. The number of hydrogen-bond acceptors (Lipinski definition) is 5. The fraction of sp³-hybridized carbons (Fsp3) is 0.500. The second kappa shape index (κ2) is 5.83. The molecule has 2 N–H and O–H groups in total.